The number of aromatic hydroxyl groups is 1. The van der Waals surface area contributed by atoms with Gasteiger partial charge in [0.1, 0.15) is 22.6 Å². The van der Waals surface area contributed by atoms with Crippen molar-refractivity contribution in [1.29, 1.82) is 0 Å². The molecule has 1 fully saturated rings. The van der Waals surface area contributed by atoms with Crippen LogP contribution in [0.5, 0.6) is 29.1 Å². The van der Waals surface area contributed by atoms with Gasteiger partial charge >= 0.3 is 6.01 Å². The molecule has 2 aromatic heterocycles. The van der Waals surface area contributed by atoms with E-state index in [4.69, 9.17) is 9.47 Å². The predicted octanol–water partition coefficient (Wildman–Crippen LogP) is 5.23. The van der Waals surface area contributed by atoms with Crippen molar-refractivity contribution in [3.05, 3.63) is 60.8 Å². The average Bonchev–Trinajstić information content (AvgIpc) is 3.38. The van der Waals surface area contributed by atoms with E-state index in [1.54, 1.807) is 6.20 Å². The number of aromatic nitrogens is 4. The third-order valence-electron chi connectivity index (χ3n) is 5.09. The van der Waals surface area contributed by atoms with Gasteiger partial charge in [-0.3, -0.25) is 0 Å². The van der Waals surface area contributed by atoms with E-state index in [9.17, 15) is 5.11 Å². The summed E-state index contributed by atoms with van der Waals surface area (Å²) in [5, 5.41) is 15.1. The summed E-state index contributed by atoms with van der Waals surface area (Å²) in [4.78, 5) is 8.09. The van der Waals surface area contributed by atoms with Crippen LogP contribution in [0.15, 0.2) is 60.8 Å². The first-order chi connectivity index (χ1) is 14.3. The van der Waals surface area contributed by atoms with Crippen LogP contribution in [0.25, 0.3) is 11.0 Å². The van der Waals surface area contributed by atoms with E-state index >= 15 is 0 Å². The average molecular weight is 388 g/mol. The number of rotatable bonds is 5. The Balaban J connectivity index is 1.41. The van der Waals surface area contributed by atoms with Crippen LogP contribution in [0.2, 0.25) is 0 Å². The van der Waals surface area contributed by atoms with Crippen LogP contribution in [0.1, 0.15) is 31.7 Å². The summed E-state index contributed by atoms with van der Waals surface area (Å²) in [6.45, 7) is 0. The highest BCUT2D eigenvalue weighted by atomic mass is 16.5. The summed E-state index contributed by atoms with van der Waals surface area (Å²) in [6, 6.07) is 17.0. The minimum Gasteiger partial charge on any atom is -0.479 e. The van der Waals surface area contributed by atoms with Crippen LogP contribution < -0.4 is 9.47 Å². The van der Waals surface area contributed by atoms with E-state index in [0.717, 1.165) is 24.3 Å². The molecule has 0 radical (unpaired) electrons. The van der Waals surface area contributed by atoms with E-state index in [0.29, 0.717) is 22.7 Å². The molecule has 0 spiro atoms. The van der Waals surface area contributed by atoms with E-state index < -0.39 is 0 Å². The van der Waals surface area contributed by atoms with Crippen molar-refractivity contribution in [3.8, 4) is 29.1 Å². The summed E-state index contributed by atoms with van der Waals surface area (Å²) in [5.41, 5.74) is 0.600. The van der Waals surface area contributed by atoms with Gasteiger partial charge in [-0.15, -0.1) is 5.10 Å². The lowest BCUT2D eigenvalue weighted by molar-refractivity contribution is 0.416. The lowest BCUT2D eigenvalue weighted by Crippen LogP contribution is -2.07. The van der Waals surface area contributed by atoms with Crippen molar-refractivity contribution in [3.63, 3.8) is 0 Å². The van der Waals surface area contributed by atoms with E-state index in [1.807, 2.05) is 59.3 Å². The Morgan fingerprint density at radius 1 is 0.862 bits per heavy atom. The Kier molecular flexibility index (Phi) is 4.48. The summed E-state index contributed by atoms with van der Waals surface area (Å²) in [7, 11) is 0. The zero-order valence-corrected chi connectivity index (χ0v) is 15.7. The number of hydrogen-bond acceptors (Lipinski definition) is 6. The van der Waals surface area contributed by atoms with Gasteiger partial charge in [-0.05, 0) is 49.2 Å². The first kappa shape index (κ1) is 17.5. The van der Waals surface area contributed by atoms with Crippen molar-refractivity contribution >= 4 is 11.0 Å². The first-order valence-electron chi connectivity index (χ1n) is 9.71. The molecule has 2 heterocycles. The number of hydrogen-bond donors (Lipinski definition) is 1. The SMILES string of the molecule is Oc1ncc2c(Oc3ccc(Oc4ccccc4)cc3)nn(C3CCCC3)c2n1. The Morgan fingerprint density at radius 2 is 1.52 bits per heavy atom. The highest BCUT2D eigenvalue weighted by Crippen LogP contribution is 2.36. The second-order valence-corrected chi connectivity index (χ2v) is 7.08. The number of para-hydroxylation sites is 1. The smallest absolute Gasteiger partial charge is 0.315 e. The molecule has 0 aliphatic heterocycles. The van der Waals surface area contributed by atoms with Gasteiger partial charge in [-0.25, -0.2) is 9.67 Å². The number of ether oxygens (including phenoxy) is 2. The summed E-state index contributed by atoms with van der Waals surface area (Å²) >= 11 is 0. The van der Waals surface area contributed by atoms with Crippen LogP contribution in [-0.2, 0) is 0 Å². The normalized spacial score (nSPS) is 14.3. The fourth-order valence-corrected chi connectivity index (χ4v) is 3.68. The molecule has 0 unspecified atom stereocenters. The van der Waals surface area contributed by atoms with Crippen molar-refractivity contribution < 1.29 is 14.6 Å². The van der Waals surface area contributed by atoms with Gasteiger partial charge in [-0.1, -0.05) is 31.0 Å². The maximum Gasteiger partial charge on any atom is 0.315 e. The second kappa shape index (κ2) is 7.43. The molecule has 0 amide bonds. The summed E-state index contributed by atoms with van der Waals surface area (Å²) in [5.74, 6) is 2.57. The summed E-state index contributed by atoms with van der Waals surface area (Å²) < 4.78 is 13.7. The first-order valence-corrected chi connectivity index (χ1v) is 9.71. The standard InChI is InChI=1S/C22H20N4O3/c27-22-23-14-19-20(24-22)26(15-6-4-5-7-15)25-21(19)29-18-12-10-17(11-13-18)28-16-8-2-1-3-9-16/h1-3,8-15H,4-7H2,(H,23,24,27). The topological polar surface area (TPSA) is 82.3 Å². The molecule has 1 aliphatic rings. The lowest BCUT2D eigenvalue weighted by atomic mass is 10.2. The molecule has 0 bridgehead atoms. The maximum absolute atomic E-state index is 9.73. The Morgan fingerprint density at radius 3 is 2.24 bits per heavy atom. The van der Waals surface area contributed by atoms with Crippen LogP contribution in [0.4, 0.5) is 0 Å². The van der Waals surface area contributed by atoms with E-state index in [-0.39, 0.29) is 12.1 Å². The van der Waals surface area contributed by atoms with Gasteiger partial charge < -0.3 is 14.6 Å². The Hall–Kier alpha value is -3.61. The van der Waals surface area contributed by atoms with Crippen molar-refractivity contribution in [1.82, 2.24) is 19.7 Å². The highest BCUT2D eigenvalue weighted by Gasteiger charge is 2.24. The van der Waals surface area contributed by atoms with Crippen molar-refractivity contribution in [2.45, 2.75) is 31.7 Å². The number of benzene rings is 2. The Bertz CT molecular complexity index is 1120. The molecule has 1 saturated carbocycles. The zero-order chi connectivity index (χ0) is 19.6. The molecule has 4 aromatic rings. The van der Waals surface area contributed by atoms with Crippen LogP contribution in [0, 0.1) is 0 Å². The van der Waals surface area contributed by atoms with E-state index in [1.165, 1.54) is 12.8 Å². The molecule has 5 rings (SSSR count). The van der Waals surface area contributed by atoms with Crippen molar-refractivity contribution in [2.75, 3.05) is 0 Å². The van der Waals surface area contributed by atoms with Crippen LogP contribution >= 0.6 is 0 Å². The molecule has 1 N–H and O–H groups in total. The highest BCUT2D eigenvalue weighted by molar-refractivity contribution is 5.81. The molecular formula is C22H20N4O3. The molecule has 0 saturated heterocycles. The quantitative estimate of drug-likeness (QED) is 0.504. The van der Waals surface area contributed by atoms with Gasteiger partial charge in [0, 0.05) is 6.20 Å². The van der Waals surface area contributed by atoms with Crippen LogP contribution in [0.3, 0.4) is 0 Å². The minimum absolute atomic E-state index is 0.259. The molecule has 2 aromatic carbocycles. The molecule has 146 valence electrons. The third-order valence-corrected chi connectivity index (χ3v) is 5.09. The van der Waals surface area contributed by atoms with Gasteiger partial charge in [0.25, 0.3) is 0 Å². The number of nitrogens with zero attached hydrogens (tertiary/aromatic N) is 4. The maximum atomic E-state index is 9.73. The molecular weight excluding hydrogens is 368 g/mol. The van der Waals surface area contributed by atoms with Gasteiger partial charge in [0.05, 0.1) is 6.04 Å². The zero-order valence-electron chi connectivity index (χ0n) is 15.7. The fraction of sp³-hybridized carbons (Fsp3) is 0.227. The third kappa shape index (κ3) is 3.59. The molecule has 0 atom stereocenters. The second-order valence-electron chi connectivity index (χ2n) is 7.08. The summed E-state index contributed by atoms with van der Waals surface area (Å²) in [6.07, 6.45) is 5.99. The lowest BCUT2D eigenvalue weighted by Gasteiger charge is -2.09. The van der Waals surface area contributed by atoms with E-state index in [2.05, 4.69) is 15.1 Å². The molecule has 7 nitrogen and oxygen atoms in total. The molecule has 29 heavy (non-hydrogen) atoms. The minimum atomic E-state index is -0.259. The number of fused-ring (bicyclic) bond motifs is 1. The largest absolute Gasteiger partial charge is 0.479 e. The fourth-order valence-electron chi connectivity index (χ4n) is 3.68. The van der Waals surface area contributed by atoms with Crippen LogP contribution in [-0.4, -0.2) is 24.9 Å². The van der Waals surface area contributed by atoms with Gasteiger partial charge in [0.15, 0.2) is 5.65 Å². The predicted molar refractivity (Wildman–Crippen MR) is 108 cm³/mol. The van der Waals surface area contributed by atoms with Gasteiger partial charge in [0.2, 0.25) is 5.88 Å². The monoisotopic (exact) mass is 388 g/mol. The van der Waals surface area contributed by atoms with Crippen molar-refractivity contribution in [2.24, 2.45) is 0 Å². The molecule has 1 aliphatic carbocycles. The van der Waals surface area contributed by atoms with Gasteiger partial charge in [-0.2, -0.15) is 4.98 Å². The molecule has 7 heteroatoms. The Labute approximate surface area is 167 Å².